The number of anilines is 1. The molecule has 3 rings (SSSR count). The highest BCUT2D eigenvalue weighted by atomic mass is 16.5. The topological polar surface area (TPSA) is 72.6 Å². The van der Waals surface area contributed by atoms with Gasteiger partial charge in [-0.15, -0.1) is 0 Å². The van der Waals surface area contributed by atoms with Crippen LogP contribution in [-0.4, -0.2) is 25.0 Å². The van der Waals surface area contributed by atoms with Gasteiger partial charge < -0.3 is 15.4 Å². The molecule has 1 saturated heterocycles. The summed E-state index contributed by atoms with van der Waals surface area (Å²) >= 11 is 0. The molecule has 130 valence electrons. The van der Waals surface area contributed by atoms with Gasteiger partial charge in [0.05, 0.1) is 11.5 Å². The highest BCUT2D eigenvalue weighted by Gasteiger charge is 2.24. The van der Waals surface area contributed by atoms with Crippen molar-refractivity contribution in [3.63, 3.8) is 0 Å². The van der Waals surface area contributed by atoms with Crippen molar-refractivity contribution in [3.05, 3.63) is 59.7 Å². The molecule has 2 aromatic rings. The van der Waals surface area contributed by atoms with Crippen molar-refractivity contribution < 1.29 is 14.3 Å². The minimum Gasteiger partial charge on any atom is -0.423 e. The van der Waals surface area contributed by atoms with Gasteiger partial charge in [-0.2, -0.15) is 0 Å². The van der Waals surface area contributed by atoms with Gasteiger partial charge in [-0.05, 0) is 56.2 Å². The van der Waals surface area contributed by atoms with Crippen LogP contribution in [0.25, 0.3) is 0 Å². The van der Waals surface area contributed by atoms with Crippen LogP contribution >= 0.6 is 0 Å². The van der Waals surface area contributed by atoms with E-state index in [0.717, 1.165) is 30.6 Å². The number of hydrogen-bond donors (Lipinski definition) is 1. The fourth-order valence-electron chi connectivity index (χ4n) is 3.02. The number of ether oxygens (including phenoxy) is 1. The molecule has 1 atom stereocenters. The van der Waals surface area contributed by atoms with E-state index in [2.05, 4.69) is 4.90 Å². The van der Waals surface area contributed by atoms with Crippen LogP contribution in [0.15, 0.2) is 48.5 Å². The highest BCUT2D eigenvalue weighted by Crippen LogP contribution is 2.24. The fraction of sp³-hybridized carbons (Fsp3) is 0.300. The number of esters is 1. The first-order valence-corrected chi connectivity index (χ1v) is 8.46. The van der Waals surface area contributed by atoms with Crippen LogP contribution < -0.4 is 15.4 Å². The third kappa shape index (κ3) is 4.18. The van der Waals surface area contributed by atoms with Crippen molar-refractivity contribution in [2.45, 2.75) is 19.8 Å². The maximum atomic E-state index is 12.2. The number of hydrogen-bond acceptors (Lipinski definition) is 4. The molecular formula is C20H22N2O3. The fourth-order valence-corrected chi connectivity index (χ4v) is 3.02. The molecule has 0 bridgehead atoms. The molecule has 5 nitrogen and oxygen atoms in total. The number of aryl methyl sites for hydroxylation is 1. The quantitative estimate of drug-likeness (QED) is 0.687. The lowest BCUT2D eigenvalue weighted by molar-refractivity contribution is -0.122. The number of rotatable bonds is 4. The summed E-state index contributed by atoms with van der Waals surface area (Å²) in [6.45, 7) is 3.49. The molecule has 1 aliphatic heterocycles. The van der Waals surface area contributed by atoms with Crippen molar-refractivity contribution in [1.29, 1.82) is 0 Å². The predicted octanol–water partition coefficient (Wildman–Crippen LogP) is 2.92. The van der Waals surface area contributed by atoms with E-state index in [1.807, 2.05) is 31.2 Å². The average Bonchev–Trinajstić information content (AvgIpc) is 2.64. The lowest BCUT2D eigenvalue weighted by Gasteiger charge is -2.33. The van der Waals surface area contributed by atoms with E-state index in [0.29, 0.717) is 17.9 Å². The molecule has 1 heterocycles. The molecule has 1 aliphatic rings. The molecular weight excluding hydrogens is 316 g/mol. The van der Waals surface area contributed by atoms with E-state index in [1.165, 1.54) is 0 Å². The van der Waals surface area contributed by atoms with E-state index in [-0.39, 0.29) is 17.8 Å². The summed E-state index contributed by atoms with van der Waals surface area (Å²) in [5.74, 6) is -0.216. The SMILES string of the molecule is Cc1ccc(OC(=O)c2ccc(N3CCCC(C(N)=O)C3)cc2)cc1. The maximum absolute atomic E-state index is 12.2. The minimum absolute atomic E-state index is 0.111. The Labute approximate surface area is 147 Å². The standard InChI is InChI=1S/C20H22N2O3/c1-14-4-10-18(11-5-14)25-20(24)15-6-8-17(9-7-15)22-12-2-3-16(13-22)19(21)23/h4-11,16H,2-3,12-13H2,1H3,(H2,21,23). The van der Waals surface area contributed by atoms with Crippen LogP contribution in [0.5, 0.6) is 5.75 Å². The first-order chi connectivity index (χ1) is 12.0. The summed E-state index contributed by atoms with van der Waals surface area (Å²) in [5, 5.41) is 0. The van der Waals surface area contributed by atoms with Gasteiger partial charge in [0, 0.05) is 18.8 Å². The van der Waals surface area contributed by atoms with Crippen molar-refractivity contribution >= 4 is 17.6 Å². The van der Waals surface area contributed by atoms with Gasteiger partial charge in [-0.1, -0.05) is 17.7 Å². The van der Waals surface area contributed by atoms with Crippen LogP contribution in [-0.2, 0) is 4.79 Å². The Morgan fingerprint density at radius 1 is 1.08 bits per heavy atom. The summed E-state index contributed by atoms with van der Waals surface area (Å²) in [6.07, 6.45) is 1.78. The number of amides is 1. The normalized spacial score (nSPS) is 17.2. The predicted molar refractivity (Wildman–Crippen MR) is 96.7 cm³/mol. The summed E-state index contributed by atoms with van der Waals surface area (Å²) in [7, 11) is 0. The number of benzene rings is 2. The summed E-state index contributed by atoms with van der Waals surface area (Å²) < 4.78 is 5.38. The lowest BCUT2D eigenvalue weighted by Crippen LogP contribution is -2.41. The van der Waals surface area contributed by atoms with Crippen molar-refractivity contribution in [2.75, 3.05) is 18.0 Å². The number of piperidine rings is 1. The van der Waals surface area contributed by atoms with Gasteiger partial charge in [-0.25, -0.2) is 4.79 Å². The molecule has 1 amide bonds. The lowest BCUT2D eigenvalue weighted by atomic mass is 9.97. The smallest absolute Gasteiger partial charge is 0.343 e. The van der Waals surface area contributed by atoms with E-state index >= 15 is 0 Å². The van der Waals surface area contributed by atoms with E-state index in [9.17, 15) is 9.59 Å². The zero-order valence-electron chi connectivity index (χ0n) is 14.3. The van der Waals surface area contributed by atoms with Crippen molar-refractivity contribution in [1.82, 2.24) is 0 Å². The molecule has 0 aromatic heterocycles. The van der Waals surface area contributed by atoms with Crippen LogP contribution in [0.2, 0.25) is 0 Å². The second-order valence-electron chi connectivity index (χ2n) is 6.44. The number of carbonyl (C=O) groups is 2. The van der Waals surface area contributed by atoms with Crippen molar-refractivity contribution in [3.8, 4) is 5.75 Å². The third-order valence-electron chi connectivity index (χ3n) is 4.52. The number of nitrogens with two attached hydrogens (primary N) is 1. The molecule has 1 unspecified atom stereocenters. The Balaban J connectivity index is 1.66. The zero-order valence-corrected chi connectivity index (χ0v) is 14.3. The molecule has 0 aliphatic carbocycles. The number of primary amides is 1. The van der Waals surface area contributed by atoms with Gasteiger partial charge in [-0.3, -0.25) is 4.79 Å². The number of nitrogens with zero attached hydrogens (tertiary/aromatic N) is 1. The number of carbonyl (C=O) groups excluding carboxylic acids is 2. The van der Waals surface area contributed by atoms with Gasteiger partial charge in [0.2, 0.25) is 5.91 Å². The maximum Gasteiger partial charge on any atom is 0.343 e. The van der Waals surface area contributed by atoms with E-state index in [1.54, 1.807) is 24.3 Å². The summed E-state index contributed by atoms with van der Waals surface area (Å²) in [5.41, 5.74) is 8.02. The molecule has 2 aromatic carbocycles. The summed E-state index contributed by atoms with van der Waals surface area (Å²) in [6, 6.07) is 14.6. The van der Waals surface area contributed by atoms with Gasteiger partial charge in [0.1, 0.15) is 5.75 Å². The highest BCUT2D eigenvalue weighted by molar-refractivity contribution is 5.91. The Morgan fingerprint density at radius 2 is 1.76 bits per heavy atom. The molecule has 0 saturated carbocycles. The van der Waals surface area contributed by atoms with Gasteiger partial charge in [0.15, 0.2) is 0 Å². The largest absolute Gasteiger partial charge is 0.423 e. The second kappa shape index (κ2) is 7.38. The van der Waals surface area contributed by atoms with Gasteiger partial charge >= 0.3 is 5.97 Å². The summed E-state index contributed by atoms with van der Waals surface area (Å²) in [4.78, 5) is 25.8. The molecule has 0 radical (unpaired) electrons. The van der Waals surface area contributed by atoms with Crippen LogP contribution in [0.4, 0.5) is 5.69 Å². The Morgan fingerprint density at radius 3 is 2.40 bits per heavy atom. The minimum atomic E-state index is -0.385. The Hall–Kier alpha value is -2.82. The molecule has 2 N–H and O–H groups in total. The van der Waals surface area contributed by atoms with Gasteiger partial charge in [0.25, 0.3) is 0 Å². The first kappa shape index (κ1) is 17.0. The first-order valence-electron chi connectivity index (χ1n) is 8.46. The molecule has 5 heteroatoms. The van der Waals surface area contributed by atoms with E-state index in [4.69, 9.17) is 10.5 Å². The van der Waals surface area contributed by atoms with Crippen molar-refractivity contribution in [2.24, 2.45) is 11.7 Å². The Bertz CT molecular complexity index is 754. The molecule has 0 spiro atoms. The van der Waals surface area contributed by atoms with E-state index < -0.39 is 0 Å². The second-order valence-corrected chi connectivity index (χ2v) is 6.44. The Kier molecular flexibility index (Phi) is 5.03. The monoisotopic (exact) mass is 338 g/mol. The zero-order chi connectivity index (χ0) is 17.8. The average molecular weight is 338 g/mol. The molecule has 1 fully saturated rings. The molecule has 25 heavy (non-hydrogen) atoms. The van der Waals surface area contributed by atoms with Crippen LogP contribution in [0, 0.1) is 12.8 Å². The third-order valence-corrected chi connectivity index (χ3v) is 4.52. The van der Waals surface area contributed by atoms with Crippen LogP contribution in [0.1, 0.15) is 28.8 Å². The van der Waals surface area contributed by atoms with Crippen LogP contribution in [0.3, 0.4) is 0 Å².